The van der Waals surface area contributed by atoms with Gasteiger partial charge in [-0.05, 0) is 53.3 Å². The number of benzene rings is 1. The lowest BCUT2D eigenvalue weighted by atomic mass is 10.2. The lowest BCUT2D eigenvalue weighted by Crippen LogP contribution is -2.16. The molecule has 0 unspecified atom stereocenters. The molecule has 2 aromatic heterocycles. The molecule has 0 radical (unpaired) electrons. The minimum Gasteiger partial charge on any atom is -0.345 e. The number of nitrogens with one attached hydrogen (secondary N) is 2. The number of carbonyl (C=O) groups is 1. The smallest absolute Gasteiger partial charge is 0.265 e. The Balaban J connectivity index is 1.57. The average Bonchev–Trinajstić information content (AvgIpc) is 3.06. The van der Waals surface area contributed by atoms with Gasteiger partial charge in [0.1, 0.15) is 5.00 Å². The van der Waals surface area contributed by atoms with Crippen LogP contribution in [0, 0.1) is 0 Å². The van der Waals surface area contributed by atoms with E-state index in [-0.39, 0.29) is 5.91 Å². The Morgan fingerprint density at radius 1 is 1.17 bits per heavy atom. The molecule has 2 heterocycles. The quantitative estimate of drug-likeness (QED) is 0.619. The lowest BCUT2D eigenvalue weighted by molar-refractivity contribution is 0.0985. The van der Waals surface area contributed by atoms with Crippen molar-refractivity contribution in [3.8, 4) is 0 Å². The highest BCUT2D eigenvalue weighted by Crippen LogP contribution is 2.25. The molecule has 122 valence electrons. The fourth-order valence-electron chi connectivity index (χ4n) is 1.88. The van der Waals surface area contributed by atoms with Crippen LogP contribution in [0.2, 0.25) is 5.02 Å². The van der Waals surface area contributed by atoms with Crippen molar-refractivity contribution in [1.29, 1.82) is 0 Å². The number of halogens is 1. The second-order valence-corrected chi connectivity index (χ2v) is 6.80. The lowest BCUT2D eigenvalue weighted by Gasteiger charge is -2.07. The first-order chi connectivity index (χ1) is 11.7. The predicted molar refractivity (Wildman–Crippen MR) is 99.8 cm³/mol. The number of aromatic nitrogens is 2. The van der Waals surface area contributed by atoms with E-state index < -0.39 is 0 Å². The number of hydrogen-bond donors (Lipinski definition) is 2. The van der Waals surface area contributed by atoms with Gasteiger partial charge in [-0.15, -0.1) is 0 Å². The second kappa shape index (κ2) is 8.14. The summed E-state index contributed by atoms with van der Waals surface area (Å²) in [7, 11) is 0. The van der Waals surface area contributed by atoms with Gasteiger partial charge in [0.25, 0.3) is 5.91 Å². The molecule has 0 aliphatic carbocycles. The first-order valence-corrected chi connectivity index (χ1v) is 9.14. The van der Waals surface area contributed by atoms with E-state index in [2.05, 4.69) is 19.4 Å². The molecule has 2 N–H and O–H groups in total. The van der Waals surface area contributed by atoms with Crippen molar-refractivity contribution < 1.29 is 4.79 Å². The fraction of sp³-hybridized carbons (Fsp3) is 0.0625. The van der Waals surface area contributed by atoms with Crippen LogP contribution in [0.1, 0.15) is 15.9 Å². The zero-order valence-corrected chi connectivity index (χ0v) is 14.8. The van der Waals surface area contributed by atoms with Crippen LogP contribution in [-0.4, -0.2) is 15.3 Å². The molecule has 8 heteroatoms. The summed E-state index contributed by atoms with van der Waals surface area (Å²) in [6.07, 6.45) is 4.93. The summed E-state index contributed by atoms with van der Waals surface area (Å²) in [4.78, 5) is 16.3. The van der Waals surface area contributed by atoms with E-state index in [0.717, 1.165) is 11.3 Å². The summed E-state index contributed by atoms with van der Waals surface area (Å²) in [5.74, 6) is 0.479. The zero-order valence-electron chi connectivity index (χ0n) is 12.4. The molecule has 3 rings (SSSR count). The Morgan fingerprint density at radius 3 is 2.67 bits per heavy atom. The molecule has 3 aromatic rings. The summed E-state index contributed by atoms with van der Waals surface area (Å²) in [6.45, 7) is 0. The third-order valence-corrected chi connectivity index (χ3v) is 4.84. The van der Waals surface area contributed by atoms with Crippen molar-refractivity contribution in [2.75, 3.05) is 5.32 Å². The molecule has 1 aromatic carbocycles. The minimum atomic E-state index is -0.181. The van der Waals surface area contributed by atoms with E-state index in [1.807, 2.05) is 36.4 Å². The van der Waals surface area contributed by atoms with E-state index >= 15 is 0 Å². The molecule has 0 spiro atoms. The number of carbonyl (C=O) groups excluding carboxylic acids is 1. The van der Waals surface area contributed by atoms with Crippen LogP contribution in [0.5, 0.6) is 0 Å². The molecule has 5 nitrogen and oxygen atoms in total. The third kappa shape index (κ3) is 4.47. The number of pyridine rings is 1. The predicted octanol–water partition coefficient (Wildman–Crippen LogP) is 4.51. The zero-order chi connectivity index (χ0) is 16.8. The van der Waals surface area contributed by atoms with Crippen molar-refractivity contribution in [2.24, 2.45) is 0 Å². The molecule has 0 aliphatic rings. The molecule has 24 heavy (non-hydrogen) atoms. The third-order valence-electron chi connectivity index (χ3n) is 3.07. The summed E-state index contributed by atoms with van der Waals surface area (Å²) < 4.78 is 6.93. The van der Waals surface area contributed by atoms with Crippen LogP contribution in [0.4, 0.5) is 10.7 Å². The Morgan fingerprint density at radius 2 is 1.92 bits per heavy atom. The SMILES string of the molecule is O=C(NSCc1ccc(Cl)cc1)c1cnsc1Nc1ccncc1. The summed E-state index contributed by atoms with van der Waals surface area (Å²) in [5, 5.41) is 4.58. The second-order valence-electron chi connectivity index (χ2n) is 4.78. The van der Waals surface area contributed by atoms with Crippen LogP contribution >= 0.6 is 35.1 Å². The van der Waals surface area contributed by atoms with Crippen LogP contribution in [-0.2, 0) is 5.75 Å². The van der Waals surface area contributed by atoms with Crippen molar-refractivity contribution in [1.82, 2.24) is 14.1 Å². The largest absolute Gasteiger partial charge is 0.345 e. The van der Waals surface area contributed by atoms with Gasteiger partial charge < -0.3 is 5.32 Å². The molecule has 0 bridgehead atoms. The maximum atomic E-state index is 12.3. The van der Waals surface area contributed by atoms with Gasteiger partial charge in [0.05, 0.1) is 11.8 Å². The van der Waals surface area contributed by atoms with Crippen molar-refractivity contribution in [2.45, 2.75) is 5.75 Å². The topological polar surface area (TPSA) is 66.9 Å². The maximum Gasteiger partial charge on any atom is 0.265 e. The van der Waals surface area contributed by atoms with E-state index in [4.69, 9.17) is 11.6 Å². The Hall–Kier alpha value is -2.09. The monoisotopic (exact) mass is 376 g/mol. The van der Waals surface area contributed by atoms with Gasteiger partial charge in [-0.3, -0.25) is 14.5 Å². The minimum absolute atomic E-state index is 0.181. The first kappa shape index (κ1) is 16.8. The van der Waals surface area contributed by atoms with Gasteiger partial charge in [0, 0.05) is 28.9 Å². The number of rotatable bonds is 6. The van der Waals surface area contributed by atoms with E-state index in [1.165, 1.54) is 23.5 Å². The van der Waals surface area contributed by atoms with Gasteiger partial charge >= 0.3 is 0 Å². The highest BCUT2D eigenvalue weighted by Gasteiger charge is 2.14. The molecular weight excluding hydrogens is 364 g/mol. The van der Waals surface area contributed by atoms with Crippen LogP contribution in [0.25, 0.3) is 0 Å². The molecule has 0 fully saturated rings. The first-order valence-electron chi connectivity index (χ1n) is 7.00. The van der Waals surface area contributed by atoms with Crippen molar-refractivity contribution in [3.63, 3.8) is 0 Å². The maximum absolute atomic E-state index is 12.3. The number of hydrogen-bond acceptors (Lipinski definition) is 6. The van der Waals surface area contributed by atoms with Gasteiger partial charge in [-0.2, -0.15) is 4.37 Å². The molecule has 0 aliphatic heterocycles. The molecular formula is C16H13ClN4OS2. The Bertz CT molecular complexity index is 808. The van der Waals surface area contributed by atoms with Gasteiger partial charge in [-0.1, -0.05) is 23.7 Å². The van der Waals surface area contributed by atoms with E-state index in [9.17, 15) is 4.79 Å². The Labute approximate surface area is 152 Å². The van der Waals surface area contributed by atoms with Gasteiger partial charge in [0.2, 0.25) is 0 Å². The van der Waals surface area contributed by atoms with Crippen molar-refractivity contribution >= 4 is 51.7 Å². The number of anilines is 2. The normalized spacial score (nSPS) is 10.4. The highest BCUT2D eigenvalue weighted by molar-refractivity contribution is 7.97. The molecule has 0 atom stereocenters. The van der Waals surface area contributed by atoms with Gasteiger partial charge in [-0.25, -0.2) is 0 Å². The number of nitrogens with zero attached hydrogens (tertiary/aromatic N) is 2. The van der Waals surface area contributed by atoms with Gasteiger partial charge in [0.15, 0.2) is 0 Å². The van der Waals surface area contributed by atoms with E-state index in [1.54, 1.807) is 18.6 Å². The van der Waals surface area contributed by atoms with Crippen LogP contribution < -0.4 is 10.0 Å². The standard InChI is InChI=1S/C16H13ClN4OS2/c17-12-3-1-11(2-4-12)10-23-21-15(22)14-9-19-24-16(14)20-13-5-7-18-8-6-13/h1-9H,10H2,(H,18,20)(H,21,22). The van der Waals surface area contributed by atoms with Crippen molar-refractivity contribution in [3.05, 3.63) is 71.1 Å². The Kier molecular flexibility index (Phi) is 5.68. The summed E-state index contributed by atoms with van der Waals surface area (Å²) >= 11 is 8.42. The molecule has 1 amide bonds. The number of amides is 1. The average molecular weight is 377 g/mol. The molecule has 0 saturated carbocycles. The van der Waals surface area contributed by atoms with Crippen LogP contribution in [0.3, 0.4) is 0 Å². The summed E-state index contributed by atoms with van der Waals surface area (Å²) in [6, 6.07) is 11.2. The van der Waals surface area contributed by atoms with Crippen LogP contribution in [0.15, 0.2) is 55.0 Å². The molecule has 0 saturated heterocycles. The fourth-order valence-corrected chi connectivity index (χ4v) is 3.35. The van der Waals surface area contributed by atoms with E-state index in [0.29, 0.717) is 21.3 Å². The summed E-state index contributed by atoms with van der Waals surface area (Å²) in [5.41, 5.74) is 2.46. The highest BCUT2D eigenvalue weighted by atomic mass is 35.5.